The van der Waals surface area contributed by atoms with E-state index in [2.05, 4.69) is 17.2 Å². The van der Waals surface area contributed by atoms with Crippen LogP contribution >= 0.6 is 0 Å². The fraction of sp³-hybridized carbons (Fsp3) is 0.636. The zero-order valence-electron chi connectivity index (χ0n) is 8.71. The second-order valence-corrected chi connectivity index (χ2v) is 4.36. The van der Waals surface area contributed by atoms with Gasteiger partial charge in [0.05, 0.1) is 11.6 Å². The van der Waals surface area contributed by atoms with E-state index in [0.29, 0.717) is 6.42 Å². The summed E-state index contributed by atoms with van der Waals surface area (Å²) in [6.45, 7) is 3.43. The third-order valence-corrected chi connectivity index (χ3v) is 3.46. The standard InChI is InChI=1S/C11H16N2O2/c1-2-9(14)12-8-4-5-10(15)13-11(8)6-3-7-11/h2,8H,1,3-7H2,(H,12,14)(H,13,15). The first kappa shape index (κ1) is 10.2. The average Bonchev–Trinajstić information content (AvgIpc) is 2.18. The van der Waals surface area contributed by atoms with Crippen molar-refractivity contribution in [3.63, 3.8) is 0 Å². The van der Waals surface area contributed by atoms with Crippen LogP contribution in [0.3, 0.4) is 0 Å². The van der Waals surface area contributed by atoms with E-state index in [4.69, 9.17) is 0 Å². The van der Waals surface area contributed by atoms with Crippen molar-refractivity contribution in [3.05, 3.63) is 12.7 Å². The summed E-state index contributed by atoms with van der Waals surface area (Å²) >= 11 is 0. The van der Waals surface area contributed by atoms with Gasteiger partial charge in [-0.3, -0.25) is 9.59 Å². The first-order valence-corrected chi connectivity index (χ1v) is 5.40. The molecule has 0 bridgehead atoms. The molecule has 1 aliphatic carbocycles. The van der Waals surface area contributed by atoms with Gasteiger partial charge < -0.3 is 10.6 Å². The molecule has 1 heterocycles. The highest BCUT2D eigenvalue weighted by atomic mass is 16.2. The van der Waals surface area contributed by atoms with Crippen LogP contribution in [-0.4, -0.2) is 23.4 Å². The van der Waals surface area contributed by atoms with Gasteiger partial charge in [-0.15, -0.1) is 0 Å². The summed E-state index contributed by atoms with van der Waals surface area (Å²) in [6.07, 6.45) is 5.60. The highest BCUT2D eigenvalue weighted by Crippen LogP contribution is 2.38. The smallest absolute Gasteiger partial charge is 0.243 e. The largest absolute Gasteiger partial charge is 0.349 e. The topological polar surface area (TPSA) is 58.2 Å². The maximum Gasteiger partial charge on any atom is 0.243 e. The van der Waals surface area contributed by atoms with E-state index in [1.807, 2.05) is 0 Å². The van der Waals surface area contributed by atoms with E-state index in [1.165, 1.54) is 6.08 Å². The van der Waals surface area contributed by atoms with Crippen molar-refractivity contribution in [1.29, 1.82) is 0 Å². The molecule has 2 amide bonds. The van der Waals surface area contributed by atoms with Crippen molar-refractivity contribution in [3.8, 4) is 0 Å². The number of hydrogen-bond acceptors (Lipinski definition) is 2. The zero-order valence-corrected chi connectivity index (χ0v) is 8.71. The summed E-state index contributed by atoms with van der Waals surface area (Å²) in [6, 6.07) is 0.0782. The molecule has 1 aliphatic heterocycles. The van der Waals surface area contributed by atoms with Gasteiger partial charge in [-0.2, -0.15) is 0 Å². The predicted octanol–water partition coefficient (Wildman–Crippen LogP) is 0.490. The normalized spacial score (nSPS) is 27.7. The van der Waals surface area contributed by atoms with Crippen LogP contribution in [0, 0.1) is 0 Å². The Morgan fingerprint density at radius 3 is 2.87 bits per heavy atom. The van der Waals surface area contributed by atoms with Crippen molar-refractivity contribution in [2.45, 2.75) is 43.7 Å². The second kappa shape index (κ2) is 3.68. The molecule has 4 nitrogen and oxygen atoms in total. The quantitative estimate of drug-likeness (QED) is 0.649. The summed E-state index contributed by atoms with van der Waals surface area (Å²) in [5, 5.41) is 5.93. The number of nitrogens with one attached hydrogen (secondary N) is 2. The highest BCUT2D eigenvalue weighted by molar-refractivity contribution is 5.87. The Morgan fingerprint density at radius 2 is 2.33 bits per heavy atom. The molecule has 1 saturated carbocycles. The van der Waals surface area contributed by atoms with Gasteiger partial charge in [0.15, 0.2) is 0 Å². The molecule has 2 aliphatic rings. The van der Waals surface area contributed by atoms with Crippen LogP contribution in [0.15, 0.2) is 12.7 Å². The second-order valence-electron chi connectivity index (χ2n) is 4.36. The molecule has 2 N–H and O–H groups in total. The van der Waals surface area contributed by atoms with E-state index >= 15 is 0 Å². The van der Waals surface area contributed by atoms with Crippen molar-refractivity contribution in [1.82, 2.24) is 10.6 Å². The van der Waals surface area contributed by atoms with Crippen LogP contribution in [0.5, 0.6) is 0 Å². The van der Waals surface area contributed by atoms with E-state index < -0.39 is 0 Å². The fourth-order valence-electron chi connectivity index (χ4n) is 2.45. The molecule has 1 saturated heterocycles. The highest BCUT2D eigenvalue weighted by Gasteiger charge is 2.47. The number of carbonyl (C=O) groups excluding carboxylic acids is 2. The predicted molar refractivity (Wildman–Crippen MR) is 56.1 cm³/mol. The Balaban J connectivity index is 2.05. The van der Waals surface area contributed by atoms with Crippen LogP contribution in [0.1, 0.15) is 32.1 Å². The minimum absolute atomic E-state index is 0.0782. The minimum Gasteiger partial charge on any atom is -0.349 e. The molecule has 2 rings (SSSR count). The minimum atomic E-state index is -0.159. The van der Waals surface area contributed by atoms with Gasteiger partial charge >= 0.3 is 0 Å². The number of piperidine rings is 1. The first-order chi connectivity index (χ1) is 7.16. The van der Waals surface area contributed by atoms with Gasteiger partial charge in [-0.1, -0.05) is 6.58 Å². The molecule has 0 radical (unpaired) electrons. The van der Waals surface area contributed by atoms with Crippen molar-refractivity contribution < 1.29 is 9.59 Å². The summed E-state index contributed by atoms with van der Waals surface area (Å²) in [5.41, 5.74) is -0.159. The van der Waals surface area contributed by atoms with Gasteiger partial charge in [0, 0.05) is 6.42 Å². The number of carbonyl (C=O) groups is 2. The molecule has 2 fully saturated rings. The number of rotatable bonds is 2. The van der Waals surface area contributed by atoms with Crippen LogP contribution in [-0.2, 0) is 9.59 Å². The van der Waals surface area contributed by atoms with Crippen LogP contribution in [0.4, 0.5) is 0 Å². The monoisotopic (exact) mass is 208 g/mol. The van der Waals surface area contributed by atoms with Gasteiger partial charge in [0.25, 0.3) is 0 Å². The molecule has 1 spiro atoms. The molecular formula is C11H16N2O2. The fourth-order valence-corrected chi connectivity index (χ4v) is 2.45. The Kier molecular flexibility index (Phi) is 2.50. The average molecular weight is 208 g/mol. The van der Waals surface area contributed by atoms with E-state index in [0.717, 1.165) is 25.7 Å². The summed E-state index contributed by atoms with van der Waals surface area (Å²) < 4.78 is 0. The third-order valence-electron chi connectivity index (χ3n) is 3.46. The summed E-state index contributed by atoms with van der Waals surface area (Å²) in [5.74, 6) is -0.0405. The molecule has 0 aromatic heterocycles. The lowest BCUT2D eigenvalue weighted by Crippen LogP contribution is -2.68. The van der Waals surface area contributed by atoms with E-state index in [-0.39, 0.29) is 23.4 Å². The molecule has 15 heavy (non-hydrogen) atoms. The zero-order chi connectivity index (χ0) is 10.9. The lowest BCUT2D eigenvalue weighted by atomic mass is 9.68. The van der Waals surface area contributed by atoms with Gasteiger partial charge in [-0.25, -0.2) is 0 Å². The molecule has 1 atom stereocenters. The van der Waals surface area contributed by atoms with E-state index in [1.54, 1.807) is 0 Å². The lowest BCUT2D eigenvalue weighted by Gasteiger charge is -2.50. The van der Waals surface area contributed by atoms with Crippen LogP contribution in [0.25, 0.3) is 0 Å². The summed E-state index contributed by atoms with van der Waals surface area (Å²) in [7, 11) is 0. The molecule has 82 valence electrons. The Bertz CT molecular complexity index is 308. The Hall–Kier alpha value is -1.32. The Labute approximate surface area is 89.1 Å². The van der Waals surface area contributed by atoms with E-state index in [9.17, 15) is 9.59 Å². The van der Waals surface area contributed by atoms with Gasteiger partial charge in [0.2, 0.25) is 11.8 Å². The van der Waals surface area contributed by atoms with Crippen LogP contribution in [0.2, 0.25) is 0 Å². The SMILES string of the molecule is C=CC(=O)NC1CCC(=O)NC12CCC2. The summed E-state index contributed by atoms with van der Waals surface area (Å²) in [4.78, 5) is 22.6. The van der Waals surface area contributed by atoms with Gasteiger partial charge in [-0.05, 0) is 31.8 Å². The first-order valence-electron chi connectivity index (χ1n) is 5.40. The number of amides is 2. The van der Waals surface area contributed by atoms with Gasteiger partial charge in [0.1, 0.15) is 0 Å². The van der Waals surface area contributed by atoms with Crippen molar-refractivity contribution in [2.75, 3.05) is 0 Å². The molecule has 0 aromatic rings. The molecule has 0 aromatic carbocycles. The van der Waals surface area contributed by atoms with Crippen molar-refractivity contribution >= 4 is 11.8 Å². The molecular weight excluding hydrogens is 192 g/mol. The van der Waals surface area contributed by atoms with Crippen molar-refractivity contribution in [2.24, 2.45) is 0 Å². The molecule has 4 heteroatoms. The van der Waals surface area contributed by atoms with Crippen LogP contribution < -0.4 is 10.6 Å². The number of hydrogen-bond donors (Lipinski definition) is 2. The maximum atomic E-state index is 11.3. The lowest BCUT2D eigenvalue weighted by molar-refractivity contribution is -0.130. The Morgan fingerprint density at radius 1 is 1.60 bits per heavy atom. The molecule has 1 unspecified atom stereocenters. The maximum absolute atomic E-state index is 11.3. The third kappa shape index (κ3) is 1.76.